The topological polar surface area (TPSA) is 34.8 Å². The molecule has 0 amide bonds. The number of furan rings is 1. The summed E-state index contributed by atoms with van der Waals surface area (Å²) in [6.45, 7) is 3.86. The molecule has 0 aromatic carbocycles. The van der Waals surface area contributed by atoms with Gasteiger partial charge < -0.3 is 13.9 Å². The van der Waals surface area contributed by atoms with Gasteiger partial charge in [0.05, 0.1) is 31.3 Å². The SMILES string of the molecule is c1cc(CN2CC[C@@H]3O[C@H](COCC4CC4)CC[C@@H]32)co1. The van der Waals surface area contributed by atoms with Gasteiger partial charge in [-0.2, -0.15) is 0 Å². The Morgan fingerprint density at radius 2 is 2.10 bits per heavy atom. The lowest BCUT2D eigenvalue weighted by molar-refractivity contribution is -0.101. The summed E-state index contributed by atoms with van der Waals surface area (Å²) in [5, 5.41) is 0. The molecule has 1 saturated carbocycles. The summed E-state index contributed by atoms with van der Waals surface area (Å²) in [5.74, 6) is 0.846. The van der Waals surface area contributed by atoms with E-state index in [9.17, 15) is 0 Å². The van der Waals surface area contributed by atoms with Crippen LogP contribution in [-0.4, -0.2) is 42.9 Å². The predicted octanol–water partition coefficient (Wildman–Crippen LogP) is 2.83. The molecule has 1 aromatic heterocycles. The third-order valence-corrected chi connectivity index (χ3v) is 5.07. The average molecular weight is 291 g/mol. The maximum Gasteiger partial charge on any atom is 0.0947 e. The molecule has 3 aliphatic rings. The fourth-order valence-electron chi connectivity index (χ4n) is 3.67. The molecule has 4 rings (SSSR count). The maximum absolute atomic E-state index is 6.27. The second-order valence-electron chi connectivity index (χ2n) is 6.81. The normalized spacial score (nSPS) is 33.2. The zero-order valence-electron chi connectivity index (χ0n) is 12.6. The first-order chi connectivity index (χ1) is 10.4. The molecule has 4 heteroatoms. The van der Waals surface area contributed by atoms with Gasteiger partial charge >= 0.3 is 0 Å². The van der Waals surface area contributed by atoms with E-state index in [1.54, 1.807) is 6.26 Å². The van der Waals surface area contributed by atoms with Crippen LogP contribution in [0.2, 0.25) is 0 Å². The van der Waals surface area contributed by atoms with Gasteiger partial charge in [-0.25, -0.2) is 0 Å². The molecule has 0 spiro atoms. The van der Waals surface area contributed by atoms with Crippen molar-refractivity contribution in [1.29, 1.82) is 0 Å². The molecule has 1 aliphatic carbocycles. The van der Waals surface area contributed by atoms with Crippen LogP contribution in [0.25, 0.3) is 0 Å². The number of fused-ring (bicyclic) bond motifs is 1. The second-order valence-corrected chi connectivity index (χ2v) is 6.81. The van der Waals surface area contributed by atoms with E-state index in [4.69, 9.17) is 13.9 Å². The zero-order valence-corrected chi connectivity index (χ0v) is 12.6. The summed E-state index contributed by atoms with van der Waals surface area (Å²) in [6.07, 6.45) is 10.6. The van der Waals surface area contributed by atoms with Gasteiger partial charge in [0.2, 0.25) is 0 Å². The zero-order chi connectivity index (χ0) is 14.1. The van der Waals surface area contributed by atoms with Crippen molar-refractivity contribution < 1.29 is 13.9 Å². The Balaban J connectivity index is 1.25. The maximum atomic E-state index is 6.27. The Bertz CT molecular complexity index is 443. The monoisotopic (exact) mass is 291 g/mol. The second kappa shape index (κ2) is 6.11. The fraction of sp³-hybridized carbons (Fsp3) is 0.765. The molecule has 21 heavy (non-hydrogen) atoms. The minimum absolute atomic E-state index is 0.318. The molecule has 4 nitrogen and oxygen atoms in total. The number of hydrogen-bond acceptors (Lipinski definition) is 4. The van der Waals surface area contributed by atoms with E-state index in [2.05, 4.69) is 11.0 Å². The average Bonchev–Trinajstić information content (AvgIpc) is 3.03. The van der Waals surface area contributed by atoms with Crippen molar-refractivity contribution in [3.05, 3.63) is 24.2 Å². The Morgan fingerprint density at radius 3 is 2.90 bits per heavy atom. The lowest BCUT2D eigenvalue weighted by atomic mass is 9.99. The van der Waals surface area contributed by atoms with Crippen LogP contribution in [0.3, 0.4) is 0 Å². The van der Waals surface area contributed by atoms with Crippen molar-refractivity contribution in [1.82, 2.24) is 4.90 Å². The van der Waals surface area contributed by atoms with Crippen LogP contribution in [-0.2, 0) is 16.0 Å². The Morgan fingerprint density at radius 1 is 1.14 bits per heavy atom. The van der Waals surface area contributed by atoms with Crippen LogP contribution in [0.5, 0.6) is 0 Å². The highest BCUT2D eigenvalue weighted by molar-refractivity contribution is 5.07. The largest absolute Gasteiger partial charge is 0.472 e. The summed E-state index contributed by atoms with van der Waals surface area (Å²) in [5.41, 5.74) is 1.27. The molecule has 0 radical (unpaired) electrons. The van der Waals surface area contributed by atoms with Crippen molar-refractivity contribution in [3.63, 3.8) is 0 Å². The molecular formula is C17H25NO3. The Labute approximate surface area is 126 Å². The molecular weight excluding hydrogens is 266 g/mol. The van der Waals surface area contributed by atoms with Crippen LogP contribution in [0, 0.1) is 5.92 Å². The lowest BCUT2D eigenvalue weighted by Gasteiger charge is -2.35. The van der Waals surface area contributed by atoms with Crippen LogP contribution < -0.4 is 0 Å². The van der Waals surface area contributed by atoms with E-state index >= 15 is 0 Å². The molecule has 2 saturated heterocycles. The minimum Gasteiger partial charge on any atom is -0.472 e. The quantitative estimate of drug-likeness (QED) is 0.807. The standard InChI is InChI=1S/C17H25NO3/c1-2-13(1)10-20-12-15-3-4-16-17(21-15)5-7-18(16)9-14-6-8-19-11-14/h6,8,11,13,15-17H,1-5,7,9-10,12H2/t15-,16-,17-/m0/s1. The van der Waals surface area contributed by atoms with Crippen molar-refractivity contribution in [2.45, 2.75) is 56.9 Å². The van der Waals surface area contributed by atoms with Gasteiger partial charge in [-0.1, -0.05) is 0 Å². The van der Waals surface area contributed by atoms with Gasteiger partial charge in [0.1, 0.15) is 0 Å². The highest BCUT2D eigenvalue weighted by Gasteiger charge is 2.39. The fourth-order valence-corrected chi connectivity index (χ4v) is 3.67. The molecule has 1 aromatic rings. The smallest absolute Gasteiger partial charge is 0.0947 e. The first kappa shape index (κ1) is 13.8. The molecule has 0 unspecified atom stereocenters. The summed E-state index contributed by atoms with van der Waals surface area (Å²) in [4.78, 5) is 2.55. The van der Waals surface area contributed by atoms with Gasteiger partial charge in [-0.15, -0.1) is 0 Å². The molecule has 3 heterocycles. The summed E-state index contributed by atoms with van der Waals surface area (Å²) < 4.78 is 17.3. The number of likely N-dealkylation sites (tertiary alicyclic amines) is 1. The van der Waals surface area contributed by atoms with Crippen LogP contribution >= 0.6 is 0 Å². The van der Waals surface area contributed by atoms with E-state index in [0.717, 1.165) is 45.1 Å². The van der Waals surface area contributed by atoms with Crippen molar-refractivity contribution >= 4 is 0 Å². The molecule has 3 atom stereocenters. The highest BCUT2D eigenvalue weighted by atomic mass is 16.5. The van der Waals surface area contributed by atoms with Crippen molar-refractivity contribution in [3.8, 4) is 0 Å². The van der Waals surface area contributed by atoms with Gasteiger partial charge in [0.15, 0.2) is 0 Å². The summed E-state index contributed by atoms with van der Waals surface area (Å²) in [6, 6.07) is 2.64. The molecule has 0 N–H and O–H groups in total. The number of rotatable bonds is 6. The minimum atomic E-state index is 0.318. The Hall–Kier alpha value is -0.840. The number of hydrogen-bond donors (Lipinski definition) is 0. The van der Waals surface area contributed by atoms with E-state index < -0.39 is 0 Å². The summed E-state index contributed by atoms with van der Waals surface area (Å²) >= 11 is 0. The summed E-state index contributed by atoms with van der Waals surface area (Å²) in [7, 11) is 0. The number of nitrogens with zero attached hydrogens (tertiary/aromatic N) is 1. The van der Waals surface area contributed by atoms with Gasteiger partial charge in [0.25, 0.3) is 0 Å². The molecule has 0 bridgehead atoms. The molecule has 116 valence electrons. The van der Waals surface area contributed by atoms with Crippen LogP contribution in [0.4, 0.5) is 0 Å². The Kier molecular flexibility index (Phi) is 4.01. The predicted molar refractivity (Wildman–Crippen MR) is 79.0 cm³/mol. The van der Waals surface area contributed by atoms with Crippen molar-refractivity contribution in [2.75, 3.05) is 19.8 Å². The van der Waals surface area contributed by atoms with E-state index in [1.165, 1.54) is 24.8 Å². The third-order valence-electron chi connectivity index (χ3n) is 5.07. The van der Waals surface area contributed by atoms with E-state index in [-0.39, 0.29) is 0 Å². The van der Waals surface area contributed by atoms with Gasteiger partial charge in [0, 0.05) is 31.3 Å². The van der Waals surface area contributed by atoms with E-state index in [0.29, 0.717) is 18.2 Å². The number of ether oxygens (including phenoxy) is 2. The molecule has 2 aliphatic heterocycles. The lowest BCUT2D eigenvalue weighted by Crippen LogP contribution is -2.43. The van der Waals surface area contributed by atoms with Gasteiger partial charge in [-0.3, -0.25) is 4.90 Å². The van der Waals surface area contributed by atoms with Crippen molar-refractivity contribution in [2.24, 2.45) is 5.92 Å². The van der Waals surface area contributed by atoms with E-state index in [1.807, 2.05) is 6.26 Å². The van der Waals surface area contributed by atoms with Gasteiger partial charge in [-0.05, 0) is 44.1 Å². The van der Waals surface area contributed by atoms with Crippen LogP contribution in [0.15, 0.2) is 23.0 Å². The van der Waals surface area contributed by atoms with Crippen LogP contribution in [0.1, 0.15) is 37.7 Å². The first-order valence-corrected chi connectivity index (χ1v) is 8.37. The third kappa shape index (κ3) is 3.33. The first-order valence-electron chi connectivity index (χ1n) is 8.37. The molecule has 3 fully saturated rings. The highest BCUT2D eigenvalue weighted by Crippen LogP contribution is 2.33.